The van der Waals surface area contributed by atoms with Crippen molar-refractivity contribution in [1.82, 2.24) is 4.98 Å². The Hall–Kier alpha value is -1.87. The van der Waals surface area contributed by atoms with Gasteiger partial charge >= 0.3 is 0 Å². The van der Waals surface area contributed by atoms with Gasteiger partial charge in [0.2, 0.25) is 0 Å². The van der Waals surface area contributed by atoms with Crippen molar-refractivity contribution < 1.29 is 9.84 Å². The van der Waals surface area contributed by atoms with E-state index in [0.717, 1.165) is 22.6 Å². The van der Waals surface area contributed by atoms with Crippen LogP contribution in [0.25, 0.3) is 0 Å². The average Bonchev–Trinajstić information content (AvgIpc) is 2.42. The van der Waals surface area contributed by atoms with Gasteiger partial charge in [-0.1, -0.05) is 24.3 Å². The largest absolute Gasteiger partial charge is 0.493 e. The maximum atomic E-state index is 10.4. The Labute approximate surface area is 113 Å². The number of aliphatic hydroxyl groups is 1. The van der Waals surface area contributed by atoms with Crippen LogP contribution in [0.2, 0.25) is 0 Å². The highest BCUT2D eigenvalue weighted by molar-refractivity contribution is 5.36. The van der Waals surface area contributed by atoms with Crippen LogP contribution in [0.15, 0.2) is 42.6 Å². The molecule has 1 aromatic heterocycles. The highest BCUT2D eigenvalue weighted by atomic mass is 16.5. The Bertz CT molecular complexity index is 540. The molecule has 2 aromatic rings. The van der Waals surface area contributed by atoms with Crippen molar-refractivity contribution in [2.75, 3.05) is 6.61 Å². The number of benzene rings is 1. The first-order chi connectivity index (χ1) is 9.22. The van der Waals surface area contributed by atoms with Crippen LogP contribution in [0.5, 0.6) is 5.75 Å². The van der Waals surface area contributed by atoms with E-state index in [2.05, 4.69) is 4.98 Å². The highest BCUT2D eigenvalue weighted by Crippen LogP contribution is 2.27. The van der Waals surface area contributed by atoms with E-state index >= 15 is 0 Å². The van der Waals surface area contributed by atoms with Crippen molar-refractivity contribution in [3.63, 3.8) is 0 Å². The van der Waals surface area contributed by atoms with Gasteiger partial charge in [0.15, 0.2) is 0 Å². The average molecular weight is 257 g/mol. The van der Waals surface area contributed by atoms with E-state index in [1.54, 1.807) is 6.20 Å². The van der Waals surface area contributed by atoms with Crippen molar-refractivity contribution in [1.29, 1.82) is 0 Å². The maximum absolute atomic E-state index is 10.4. The second kappa shape index (κ2) is 6.34. The van der Waals surface area contributed by atoms with Gasteiger partial charge in [0, 0.05) is 23.9 Å². The van der Waals surface area contributed by atoms with E-state index in [1.165, 1.54) is 0 Å². The van der Waals surface area contributed by atoms with Gasteiger partial charge in [-0.2, -0.15) is 0 Å². The molecule has 0 saturated heterocycles. The zero-order chi connectivity index (χ0) is 13.7. The molecule has 19 heavy (non-hydrogen) atoms. The Morgan fingerprint density at radius 3 is 2.74 bits per heavy atom. The molecular weight excluding hydrogens is 238 g/mol. The monoisotopic (exact) mass is 257 g/mol. The number of nitrogens with zero attached hydrogens (tertiary/aromatic N) is 1. The van der Waals surface area contributed by atoms with Crippen LogP contribution >= 0.6 is 0 Å². The fraction of sp³-hybridized carbons (Fsp3) is 0.312. The lowest BCUT2D eigenvalue weighted by molar-refractivity contribution is 0.171. The van der Waals surface area contributed by atoms with Crippen LogP contribution in [0, 0.1) is 6.92 Å². The number of hydrogen-bond donors (Lipinski definition) is 1. The van der Waals surface area contributed by atoms with E-state index in [4.69, 9.17) is 4.74 Å². The number of para-hydroxylation sites is 1. The summed E-state index contributed by atoms with van der Waals surface area (Å²) in [6.45, 7) is 4.53. The summed E-state index contributed by atoms with van der Waals surface area (Å²) >= 11 is 0. The maximum Gasteiger partial charge on any atom is 0.125 e. The van der Waals surface area contributed by atoms with Crippen LogP contribution in [-0.4, -0.2) is 16.7 Å². The number of rotatable bonds is 5. The van der Waals surface area contributed by atoms with Crippen molar-refractivity contribution >= 4 is 0 Å². The van der Waals surface area contributed by atoms with Crippen molar-refractivity contribution in [2.24, 2.45) is 0 Å². The first-order valence-electron chi connectivity index (χ1n) is 6.52. The second-order valence-electron chi connectivity index (χ2n) is 4.46. The fourth-order valence-electron chi connectivity index (χ4n) is 2.07. The summed E-state index contributed by atoms with van der Waals surface area (Å²) in [5, 5.41) is 10.4. The van der Waals surface area contributed by atoms with Gasteiger partial charge in [-0.3, -0.25) is 4.98 Å². The summed E-state index contributed by atoms with van der Waals surface area (Å²) in [4.78, 5) is 4.32. The molecule has 0 amide bonds. The Morgan fingerprint density at radius 2 is 2.00 bits per heavy atom. The van der Waals surface area contributed by atoms with Gasteiger partial charge in [0.25, 0.3) is 0 Å². The number of aliphatic hydroxyl groups excluding tert-OH is 1. The predicted molar refractivity (Wildman–Crippen MR) is 75.2 cm³/mol. The van der Waals surface area contributed by atoms with E-state index in [0.29, 0.717) is 13.0 Å². The second-order valence-corrected chi connectivity index (χ2v) is 4.46. The Morgan fingerprint density at radius 1 is 1.21 bits per heavy atom. The number of aromatic nitrogens is 1. The van der Waals surface area contributed by atoms with Crippen molar-refractivity contribution in [3.8, 4) is 5.75 Å². The minimum absolute atomic E-state index is 0.497. The first-order valence-corrected chi connectivity index (χ1v) is 6.52. The zero-order valence-electron chi connectivity index (χ0n) is 11.3. The molecule has 100 valence electrons. The van der Waals surface area contributed by atoms with Crippen LogP contribution in [0.3, 0.4) is 0 Å². The molecule has 1 unspecified atom stereocenters. The SMILES string of the molecule is CCOc1ccccc1C(O)Cc1ncccc1C. The topological polar surface area (TPSA) is 42.4 Å². The van der Waals surface area contributed by atoms with Gasteiger partial charge in [0.1, 0.15) is 5.75 Å². The van der Waals surface area contributed by atoms with Crippen LogP contribution in [0.4, 0.5) is 0 Å². The van der Waals surface area contributed by atoms with Gasteiger partial charge in [0.05, 0.1) is 12.7 Å². The lowest BCUT2D eigenvalue weighted by atomic mass is 10.0. The third kappa shape index (κ3) is 3.32. The van der Waals surface area contributed by atoms with E-state index in [1.807, 2.05) is 50.2 Å². The quantitative estimate of drug-likeness (QED) is 0.895. The summed E-state index contributed by atoms with van der Waals surface area (Å²) in [6.07, 6.45) is 1.65. The molecule has 0 radical (unpaired) electrons. The minimum Gasteiger partial charge on any atom is -0.493 e. The highest BCUT2D eigenvalue weighted by Gasteiger charge is 2.15. The minimum atomic E-state index is -0.601. The van der Waals surface area contributed by atoms with Crippen molar-refractivity contribution in [3.05, 3.63) is 59.4 Å². The third-order valence-corrected chi connectivity index (χ3v) is 3.08. The molecule has 0 bridgehead atoms. The van der Waals surface area contributed by atoms with Gasteiger partial charge in [-0.15, -0.1) is 0 Å². The smallest absolute Gasteiger partial charge is 0.125 e. The summed E-state index contributed by atoms with van der Waals surface area (Å²) in [5.74, 6) is 0.742. The molecule has 0 aliphatic heterocycles. The third-order valence-electron chi connectivity index (χ3n) is 3.08. The van der Waals surface area contributed by atoms with Crippen LogP contribution < -0.4 is 4.74 Å². The molecule has 0 spiro atoms. The van der Waals surface area contributed by atoms with Crippen LogP contribution in [-0.2, 0) is 6.42 Å². The number of hydrogen-bond acceptors (Lipinski definition) is 3. The summed E-state index contributed by atoms with van der Waals surface area (Å²) in [5.41, 5.74) is 2.83. The van der Waals surface area contributed by atoms with Crippen LogP contribution in [0.1, 0.15) is 29.8 Å². The Kier molecular flexibility index (Phi) is 4.53. The molecular formula is C16H19NO2. The van der Waals surface area contributed by atoms with E-state index in [9.17, 15) is 5.11 Å². The molecule has 1 atom stereocenters. The molecule has 3 heteroatoms. The molecule has 0 aliphatic carbocycles. The van der Waals surface area contributed by atoms with Gasteiger partial charge in [-0.25, -0.2) is 0 Å². The molecule has 0 aliphatic rings. The molecule has 1 N–H and O–H groups in total. The standard InChI is InChI=1S/C16H19NO2/c1-3-19-16-9-5-4-8-13(16)15(18)11-14-12(2)7-6-10-17-14/h4-10,15,18H,3,11H2,1-2H3. The molecule has 2 rings (SSSR count). The van der Waals surface area contributed by atoms with E-state index < -0.39 is 6.10 Å². The predicted octanol–water partition coefficient (Wildman–Crippen LogP) is 3.06. The molecule has 1 heterocycles. The molecule has 0 fully saturated rings. The zero-order valence-corrected chi connectivity index (χ0v) is 11.3. The molecule has 1 aromatic carbocycles. The first kappa shape index (κ1) is 13.6. The number of ether oxygens (including phenoxy) is 1. The molecule has 0 saturated carbocycles. The number of aryl methyl sites for hydroxylation is 1. The Balaban J connectivity index is 2.20. The molecule has 3 nitrogen and oxygen atoms in total. The van der Waals surface area contributed by atoms with E-state index in [-0.39, 0.29) is 0 Å². The summed E-state index contributed by atoms with van der Waals surface area (Å²) in [6, 6.07) is 11.5. The van der Waals surface area contributed by atoms with Crippen molar-refractivity contribution in [2.45, 2.75) is 26.4 Å². The summed E-state index contributed by atoms with van der Waals surface area (Å²) < 4.78 is 5.55. The van der Waals surface area contributed by atoms with Gasteiger partial charge in [-0.05, 0) is 31.5 Å². The van der Waals surface area contributed by atoms with Gasteiger partial charge < -0.3 is 9.84 Å². The summed E-state index contributed by atoms with van der Waals surface area (Å²) in [7, 11) is 0. The number of pyridine rings is 1. The normalized spacial score (nSPS) is 12.2. The lowest BCUT2D eigenvalue weighted by Gasteiger charge is -2.16. The fourth-order valence-corrected chi connectivity index (χ4v) is 2.07. The lowest BCUT2D eigenvalue weighted by Crippen LogP contribution is -2.07.